The highest BCUT2D eigenvalue weighted by molar-refractivity contribution is 5.98. The highest BCUT2D eigenvalue weighted by atomic mass is 16.2. The summed E-state index contributed by atoms with van der Waals surface area (Å²) in [4.78, 5) is 35.1. The lowest BCUT2D eigenvalue weighted by molar-refractivity contribution is -0.126. The Labute approximate surface area is 136 Å². The van der Waals surface area contributed by atoms with E-state index < -0.39 is 6.04 Å². The molecule has 1 saturated carbocycles. The first-order valence-corrected chi connectivity index (χ1v) is 7.85. The molecule has 0 spiro atoms. The summed E-state index contributed by atoms with van der Waals surface area (Å²) in [5, 5.41) is 8.27. The van der Waals surface area contributed by atoms with Crippen molar-refractivity contribution < 1.29 is 14.4 Å². The van der Waals surface area contributed by atoms with Gasteiger partial charge in [0.05, 0.1) is 0 Å². The fourth-order valence-electron chi connectivity index (χ4n) is 2.20. The number of carbonyl (C=O) groups excluding carboxylic acids is 3. The number of amides is 3. The van der Waals surface area contributed by atoms with E-state index >= 15 is 0 Å². The summed E-state index contributed by atoms with van der Waals surface area (Å²) in [7, 11) is 0. The van der Waals surface area contributed by atoms with Gasteiger partial charge in [-0.05, 0) is 43.0 Å². The van der Waals surface area contributed by atoms with E-state index in [0.717, 1.165) is 12.8 Å². The van der Waals surface area contributed by atoms with Crippen molar-refractivity contribution in [1.82, 2.24) is 5.32 Å². The smallest absolute Gasteiger partial charge is 0.247 e. The van der Waals surface area contributed by atoms with Crippen molar-refractivity contribution in [2.45, 2.75) is 39.7 Å². The highest BCUT2D eigenvalue weighted by Crippen LogP contribution is 2.30. The number of rotatable bonds is 6. The molecular formula is C17H23N3O3. The van der Waals surface area contributed by atoms with Crippen molar-refractivity contribution in [2.24, 2.45) is 11.8 Å². The molecule has 2 rings (SSSR count). The molecule has 124 valence electrons. The molecule has 3 amide bonds. The molecular weight excluding hydrogens is 294 g/mol. The minimum atomic E-state index is -0.582. The Morgan fingerprint density at radius 1 is 1.00 bits per heavy atom. The van der Waals surface area contributed by atoms with Crippen molar-refractivity contribution in [2.75, 3.05) is 10.6 Å². The zero-order valence-electron chi connectivity index (χ0n) is 13.7. The highest BCUT2D eigenvalue weighted by Gasteiger charge is 2.29. The normalized spacial score (nSPS) is 15.0. The molecule has 23 heavy (non-hydrogen) atoms. The van der Waals surface area contributed by atoms with Gasteiger partial charge in [-0.3, -0.25) is 14.4 Å². The molecule has 1 aliphatic rings. The Kier molecular flexibility index (Phi) is 5.36. The van der Waals surface area contributed by atoms with Crippen molar-refractivity contribution in [3.63, 3.8) is 0 Å². The Morgan fingerprint density at radius 2 is 1.52 bits per heavy atom. The number of anilines is 2. The van der Waals surface area contributed by atoms with Crippen LogP contribution in [0.1, 0.15) is 33.6 Å². The summed E-state index contributed by atoms with van der Waals surface area (Å²) in [5.74, 6) is -0.316. The molecule has 0 aliphatic heterocycles. The van der Waals surface area contributed by atoms with E-state index in [-0.39, 0.29) is 29.6 Å². The zero-order valence-corrected chi connectivity index (χ0v) is 13.7. The van der Waals surface area contributed by atoms with Gasteiger partial charge in [-0.1, -0.05) is 13.8 Å². The summed E-state index contributed by atoms with van der Waals surface area (Å²) in [6, 6.07) is 6.37. The van der Waals surface area contributed by atoms with Crippen molar-refractivity contribution in [1.29, 1.82) is 0 Å². The van der Waals surface area contributed by atoms with Gasteiger partial charge in [0.25, 0.3) is 0 Å². The number of carbonyl (C=O) groups is 3. The molecule has 1 aliphatic carbocycles. The van der Waals surface area contributed by atoms with Gasteiger partial charge < -0.3 is 16.0 Å². The third kappa shape index (κ3) is 5.09. The first-order chi connectivity index (χ1) is 10.9. The van der Waals surface area contributed by atoms with Gasteiger partial charge >= 0.3 is 0 Å². The minimum Gasteiger partial charge on any atom is -0.344 e. The van der Waals surface area contributed by atoms with E-state index in [1.807, 2.05) is 13.8 Å². The second-order valence-corrected chi connectivity index (χ2v) is 6.25. The molecule has 6 heteroatoms. The average molecular weight is 317 g/mol. The minimum absolute atomic E-state index is 0.0176. The van der Waals surface area contributed by atoms with Gasteiger partial charge in [0.15, 0.2) is 0 Å². The van der Waals surface area contributed by atoms with Crippen LogP contribution in [0.25, 0.3) is 0 Å². The predicted molar refractivity (Wildman–Crippen MR) is 88.9 cm³/mol. The number of hydrogen-bond donors (Lipinski definition) is 3. The Morgan fingerprint density at radius 3 is 1.96 bits per heavy atom. The van der Waals surface area contributed by atoms with Crippen LogP contribution in [0.4, 0.5) is 11.4 Å². The quantitative estimate of drug-likeness (QED) is 0.751. The van der Waals surface area contributed by atoms with Crippen molar-refractivity contribution in [3.8, 4) is 0 Å². The third-order valence-electron chi connectivity index (χ3n) is 3.68. The summed E-state index contributed by atoms with van der Waals surface area (Å²) in [5.41, 5.74) is 1.33. The average Bonchev–Trinajstić information content (AvgIpc) is 3.31. The van der Waals surface area contributed by atoms with Gasteiger partial charge in [-0.15, -0.1) is 0 Å². The van der Waals surface area contributed by atoms with E-state index in [4.69, 9.17) is 0 Å². The molecule has 6 nitrogen and oxygen atoms in total. The molecule has 0 bridgehead atoms. The third-order valence-corrected chi connectivity index (χ3v) is 3.68. The number of nitrogens with one attached hydrogen (secondary N) is 3. The van der Waals surface area contributed by atoms with E-state index in [9.17, 15) is 14.4 Å². The van der Waals surface area contributed by atoms with Crippen LogP contribution in [0, 0.1) is 11.8 Å². The molecule has 0 aromatic heterocycles. The molecule has 3 N–H and O–H groups in total. The van der Waals surface area contributed by atoms with E-state index in [1.165, 1.54) is 6.92 Å². The molecule has 0 heterocycles. The lowest BCUT2D eigenvalue weighted by Crippen LogP contribution is -2.46. The maximum Gasteiger partial charge on any atom is 0.247 e. The van der Waals surface area contributed by atoms with Gasteiger partial charge in [-0.25, -0.2) is 0 Å². The largest absolute Gasteiger partial charge is 0.344 e. The molecule has 1 fully saturated rings. The van der Waals surface area contributed by atoms with Crippen LogP contribution in [0.3, 0.4) is 0 Å². The first kappa shape index (κ1) is 17.0. The van der Waals surface area contributed by atoms with Crippen LogP contribution < -0.4 is 16.0 Å². The fourth-order valence-corrected chi connectivity index (χ4v) is 2.20. The van der Waals surface area contributed by atoms with Gasteiger partial charge in [0, 0.05) is 24.2 Å². The summed E-state index contributed by atoms with van der Waals surface area (Å²) in [6.07, 6.45) is 1.92. The molecule has 0 saturated heterocycles. The predicted octanol–water partition coefficient (Wildman–Crippen LogP) is 2.13. The van der Waals surface area contributed by atoms with E-state index in [1.54, 1.807) is 24.3 Å². The lowest BCUT2D eigenvalue weighted by atomic mass is 10.0. The lowest BCUT2D eigenvalue weighted by Gasteiger charge is -2.21. The van der Waals surface area contributed by atoms with Crippen LogP contribution in [-0.2, 0) is 14.4 Å². The second-order valence-electron chi connectivity index (χ2n) is 6.25. The maximum absolute atomic E-state index is 12.3. The van der Waals surface area contributed by atoms with Gasteiger partial charge in [-0.2, -0.15) is 0 Å². The molecule has 0 radical (unpaired) electrons. The van der Waals surface area contributed by atoms with Crippen LogP contribution in [0.5, 0.6) is 0 Å². The fraction of sp³-hybridized carbons (Fsp3) is 0.471. The van der Waals surface area contributed by atoms with Crippen molar-refractivity contribution in [3.05, 3.63) is 24.3 Å². The standard InChI is InChI=1S/C17H23N3O3/c1-10(2)15(18-11(3)21)17(23)20-14-8-6-13(7-9-14)19-16(22)12-4-5-12/h6-10,12,15H,4-5H2,1-3H3,(H,18,21)(H,19,22)(H,20,23). The summed E-state index contributed by atoms with van der Waals surface area (Å²) < 4.78 is 0. The SMILES string of the molecule is CC(=O)NC(C(=O)Nc1ccc(NC(=O)C2CC2)cc1)C(C)C. The number of hydrogen-bond acceptors (Lipinski definition) is 3. The monoisotopic (exact) mass is 317 g/mol. The Bertz CT molecular complexity index is 592. The van der Waals surface area contributed by atoms with Gasteiger partial charge in [0.1, 0.15) is 6.04 Å². The van der Waals surface area contributed by atoms with Crippen LogP contribution >= 0.6 is 0 Å². The second kappa shape index (κ2) is 7.26. The first-order valence-electron chi connectivity index (χ1n) is 7.85. The molecule has 1 atom stereocenters. The zero-order chi connectivity index (χ0) is 17.0. The summed E-state index contributed by atoms with van der Waals surface area (Å²) >= 11 is 0. The number of benzene rings is 1. The van der Waals surface area contributed by atoms with Gasteiger partial charge in [0.2, 0.25) is 17.7 Å². The topological polar surface area (TPSA) is 87.3 Å². The molecule has 1 aromatic carbocycles. The van der Waals surface area contributed by atoms with Crippen LogP contribution in [0.15, 0.2) is 24.3 Å². The molecule has 1 unspecified atom stereocenters. The van der Waals surface area contributed by atoms with Crippen LogP contribution in [0.2, 0.25) is 0 Å². The van der Waals surface area contributed by atoms with E-state index in [0.29, 0.717) is 11.4 Å². The Hall–Kier alpha value is -2.37. The Balaban J connectivity index is 1.94. The maximum atomic E-state index is 12.3. The molecule has 1 aromatic rings. The van der Waals surface area contributed by atoms with E-state index in [2.05, 4.69) is 16.0 Å². The van der Waals surface area contributed by atoms with Crippen LogP contribution in [-0.4, -0.2) is 23.8 Å². The van der Waals surface area contributed by atoms with Crippen molar-refractivity contribution >= 4 is 29.1 Å². The summed E-state index contributed by atoms with van der Waals surface area (Å²) in [6.45, 7) is 5.13.